The van der Waals surface area contributed by atoms with Crippen molar-refractivity contribution in [2.75, 3.05) is 0 Å². The Hall–Kier alpha value is -1.26. The molecule has 0 saturated carbocycles. The van der Waals surface area contributed by atoms with Crippen LogP contribution in [0.15, 0.2) is 46.9 Å². The van der Waals surface area contributed by atoms with E-state index in [2.05, 4.69) is 15.9 Å². The molecule has 1 atom stereocenters. The number of hydrogen-bond acceptors (Lipinski definition) is 1. The first-order valence-electron chi connectivity index (χ1n) is 5.51. The topological polar surface area (TPSA) is 26.0 Å². The standard InChI is InChI=1S/C14H12BrF2N/c15-12-8-10(3-6-13(12)17)14(18)7-9-1-4-11(16)5-2-9/h1-6,8,14H,7,18H2. The van der Waals surface area contributed by atoms with E-state index in [1.807, 2.05) is 0 Å². The Morgan fingerprint density at radius 2 is 1.72 bits per heavy atom. The Balaban J connectivity index is 2.13. The minimum absolute atomic E-state index is 0.243. The van der Waals surface area contributed by atoms with Gasteiger partial charge >= 0.3 is 0 Å². The van der Waals surface area contributed by atoms with Crippen LogP contribution in [0.2, 0.25) is 0 Å². The number of halogens is 3. The van der Waals surface area contributed by atoms with Crippen LogP contribution in [0.25, 0.3) is 0 Å². The fourth-order valence-electron chi connectivity index (χ4n) is 1.74. The molecule has 2 aromatic rings. The molecule has 0 saturated heterocycles. The van der Waals surface area contributed by atoms with E-state index in [-0.39, 0.29) is 17.7 Å². The Morgan fingerprint density at radius 3 is 2.33 bits per heavy atom. The Labute approximate surface area is 113 Å². The van der Waals surface area contributed by atoms with E-state index in [1.54, 1.807) is 24.3 Å². The molecule has 1 nitrogen and oxygen atoms in total. The van der Waals surface area contributed by atoms with Gasteiger partial charge in [-0.3, -0.25) is 0 Å². The van der Waals surface area contributed by atoms with E-state index < -0.39 is 0 Å². The number of hydrogen-bond donors (Lipinski definition) is 1. The fraction of sp³-hybridized carbons (Fsp3) is 0.143. The van der Waals surface area contributed by atoms with Gasteiger partial charge in [0.1, 0.15) is 11.6 Å². The SMILES string of the molecule is NC(Cc1ccc(F)cc1)c1ccc(F)c(Br)c1. The number of nitrogens with two attached hydrogens (primary N) is 1. The number of benzene rings is 2. The van der Waals surface area contributed by atoms with Crippen LogP contribution < -0.4 is 5.73 Å². The molecule has 94 valence electrons. The molecule has 0 heterocycles. The van der Waals surface area contributed by atoms with E-state index in [0.717, 1.165) is 11.1 Å². The highest BCUT2D eigenvalue weighted by atomic mass is 79.9. The zero-order valence-corrected chi connectivity index (χ0v) is 11.1. The summed E-state index contributed by atoms with van der Waals surface area (Å²) in [4.78, 5) is 0. The van der Waals surface area contributed by atoms with Crippen molar-refractivity contribution in [3.63, 3.8) is 0 Å². The molecule has 0 bridgehead atoms. The van der Waals surface area contributed by atoms with Crippen molar-refractivity contribution in [2.45, 2.75) is 12.5 Å². The lowest BCUT2D eigenvalue weighted by Gasteiger charge is -2.12. The van der Waals surface area contributed by atoms with Crippen LogP contribution in [-0.4, -0.2) is 0 Å². The lowest BCUT2D eigenvalue weighted by molar-refractivity contribution is 0.616. The van der Waals surface area contributed by atoms with Gasteiger partial charge in [-0.25, -0.2) is 8.78 Å². The average molecular weight is 312 g/mol. The van der Waals surface area contributed by atoms with Crippen LogP contribution in [0, 0.1) is 11.6 Å². The summed E-state index contributed by atoms with van der Waals surface area (Å²) in [5, 5.41) is 0. The highest BCUT2D eigenvalue weighted by molar-refractivity contribution is 9.10. The van der Waals surface area contributed by atoms with Crippen LogP contribution in [0.5, 0.6) is 0 Å². The first kappa shape index (κ1) is 13.2. The maximum absolute atomic E-state index is 13.1. The normalized spacial score (nSPS) is 12.4. The summed E-state index contributed by atoms with van der Waals surface area (Å²) in [5.41, 5.74) is 7.84. The monoisotopic (exact) mass is 311 g/mol. The van der Waals surface area contributed by atoms with Crippen LogP contribution in [0.4, 0.5) is 8.78 Å². The summed E-state index contributed by atoms with van der Waals surface area (Å²) in [6.07, 6.45) is 0.582. The van der Waals surface area contributed by atoms with E-state index in [1.165, 1.54) is 18.2 Å². The highest BCUT2D eigenvalue weighted by Crippen LogP contribution is 2.22. The predicted molar refractivity (Wildman–Crippen MR) is 71.1 cm³/mol. The molecule has 0 amide bonds. The molecular weight excluding hydrogens is 300 g/mol. The zero-order valence-electron chi connectivity index (χ0n) is 9.54. The summed E-state index contributed by atoms with van der Waals surface area (Å²) in [6, 6.07) is 10.7. The van der Waals surface area contributed by atoms with E-state index in [9.17, 15) is 8.78 Å². The first-order chi connectivity index (χ1) is 8.56. The van der Waals surface area contributed by atoms with E-state index in [4.69, 9.17) is 5.73 Å². The van der Waals surface area contributed by atoms with Crippen LogP contribution >= 0.6 is 15.9 Å². The quantitative estimate of drug-likeness (QED) is 0.912. The first-order valence-corrected chi connectivity index (χ1v) is 6.30. The Morgan fingerprint density at radius 1 is 1.06 bits per heavy atom. The molecule has 18 heavy (non-hydrogen) atoms. The van der Waals surface area contributed by atoms with Gasteiger partial charge in [-0.15, -0.1) is 0 Å². The van der Waals surface area contributed by atoms with Crippen molar-refractivity contribution in [3.8, 4) is 0 Å². The third-order valence-corrected chi connectivity index (χ3v) is 3.35. The Bertz CT molecular complexity index is 540. The van der Waals surface area contributed by atoms with Crippen LogP contribution in [0.3, 0.4) is 0 Å². The molecule has 2 aromatic carbocycles. The molecule has 0 aliphatic rings. The fourth-order valence-corrected chi connectivity index (χ4v) is 2.13. The predicted octanol–water partition coefficient (Wildman–Crippen LogP) is 3.97. The van der Waals surface area contributed by atoms with Crippen LogP contribution in [0.1, 0.15) is 17.2 Å². The van der Waals surface area contributed by atoms with Gasteiger partial charge in [-0.1, -0.05) is 18.2 Å². The minimum atomic E-state index is -0.312. The molecule has 0 radical (unpaired) electrons. The van der Waals surface area contributed by atoms with Gasteiger partial charge in [-0.2, -0.15) is 0 Å². The maximum atomic E-state index is 13.1. The smallest absolute Gasteiger partial charge is 0.137 e. The maximum Gasteiger partial charge on any atom is 0.137 e. The van der Waals surface area contributed by atoms with Gasteiger partial charge in [0.05, 0.1) is 4.47 Å². The largest absolute Gasteiger partial charge is 0.324 e. The van der Waals surface area contributed by atoms with Crippen LogP contribution in [-0.2, 0) is 6.42 Å². The third-order valence-electron chi connectivity index (χ3n) is 2.74. The molecule has 0 fully saturated rings. The summed E-state index contributed by atoms with van der Waals surface area (Å²) >= 11 is 3.13. The molecular formula is C14H12BrF2N. The molecule has 0 aliphatic heterocycles. The molecule has 2 N–H and O–H groups in total. The zero-order chi connectivity index (χ0) is 13.1. The van der Waals surface area contributed by atoms with Crippen molar-refractivity contribution in [1.82, 2.24) is 0 Å². The van der Waals surface area contributed by atoms with E-state index in [0.29, 0.717) is 10.9 Å². The molecule has 0 aromatic heterocycles. The van der Waals surface area contributed by atoms with Crippen molar-refractivity contribution in [2.24, 2.45) is 5.73 Å². The summed E-state index contributed by atoms with van der Waals surface area (Å²) in [6.45, 7) is 0. The molecule has 0 spiro atoms. The lowest BCUT2D eigenvalue weighted by atomic mass is 10.00. The molecule has 2 rings (SSSR count). The molecule has 1 unspecified atom stereocenters. The highest BCUT2D eigenvalue weighted by Gasteiger charge is 2.09. The van der Waals surface area contributed by atoms with Gasteiger partial charge in [0.25, 0.3) is 0 Å². The van der Waals surface area contributed by atoms with E-state index >= 15 is 0 Å². The summed E-state index contributed by atoms with van der Waals surface area (Å²) in [7, 11) is 0. The molecule has 0 aliphatic carbocycles. The average Bonchev–Trinajstić information content (AvgIpc) is 2.35. The van der Waals surface area contributed by atoms with Gasteiger partial charge in [0, 0.05) is 6.04 Å². The number of rotatable bonds is 3. The van der Waals surface area contributed by atoms with Gasteiger partial charge < -0.3 is 5.73 Å². The summed E-state index contributed by atoms with van der Waals surface area (Å²) < 4.78 is 26.3. The van der Waals surface area contributed by atoms with Crippen molar-refractivity contribution >= 4 is 15.9 Å². The van der Waals surface area contributed by atoms with Gasteiger partial charge in [-0.05, 0) is 57.7 Å². The minimum Gasteiger partial charge on any atom is -0.324 e. The third kappa shape index (κ3) is 3.15. The van der Waals surface area contributed by atoms with Crippen molar-refractivity contribution in [3.05, 3.63) is 69.7 Å². The second-order valence-corrected chi connectivity index (χ2v) is 4.96. The molecule has 4 heteroatoms. The van der Waals surface area contributed by atoms with Gasteiger partial charge in [0.15, 0.2) is 0 Å². The van der Waals surface area contributed by atoms with Gasteiger partial charge in [0.2, 0.25) is 0 Å². The second kappa shape index (κ2) is 5.59. The lowest BCUT2D eigenvalue weighted by Crippen LogP contribution is -2.13. The van der Waals surface area contributed by atoms with Crippen molar-refractivity contribution in [1.29, 1.82) is 0 Å². The summed E-state index contributed by atoms with van der Waals surface area (Å²) in [5.74, 6) is -0.579. The van der Waals surface area contributed by atoms with Crippen molar-refractivity contribution < 1.29 is 8.78 Å². The Kier molecular flexibility index (Phi) is 4.09. The second-order valence-electron chi connectivity index (χ2n) is 4.11.